The number of H-pyrrole nitrogens is 1. The summed E-state index contributed by atoms with van der Waals surface area (Å²) in [7, 11) is 0. The monoisotopic (exact) mass is 407 g/mol. The lowest BCUT2D eigenvalue weighted by atomic mass is 10.1. The van der Waals surface area contributed by atoms with Crippen LogP contribution in [0.1, 0.15) is 11.1 Å². The lowest BCUT2D eigenvalue weighted by Gasteiger charge is -2.19. The highest BCUT2D eigenvalue weighted by atomic mass is 35.5. The van der Waals surface area contributed by atoms with Gasteiger partial charge in [0.05, 0.1) is 10.7 Å². The topological polar surface area (TPSA) is 75.5 Å². The van der Waals surface area contributed by atoms with Crippen molar-refractivity contribution in [2.75, 3.05) is 13.2 Å². The van der Waals surface area contributed by atoms with E-state index in [2.05, 4.69) is 25.9 Å². The number of fused-ring (bicyclic) bond motifs is 2. The van der Waals surface area contributed by atoms with Crippen LogP contribution in [0.4, 0.5) is 0 Å². The summed E-state index contributed by atoms with van der Waals surface area (Å²) in [5.41, 5.74) is 4.54. The van der Waals surface area contributed by atoms with Crippen LogP contribution in [-0.4, -0.2) is 37.4 Å². The number of nitrogens with one attached hydrogen (secondary N) is 1. The van der Waals surface area contributed by atoms with E-state index in [1.807, 2.05) is 34.9 Å². The second kappa shape index (κ2) is 7.35. The molecule has 0 fully saturated rings. The Hall–Kier alpha value is -3.16. The Morgan fingerprint density at radius 1 is 1.24 bits per heavy atom. The highest BCUT2D eigenvalue weighted by Crippen LogP contribution is 2.36. The molecule has 0 aliphatic carbocycles. The molecule has 7 nitrogen and oxygen atoms in total. The smallest absolute Gasteiger partial charge is 0.344 e. The summed E-state index contributed by atoms with van der Waals surface area (Å²) in [6.07, 6.45) is 7.03. The Labute approximate surface area is 171 Å². The zero-order valence-corrected chi connectivity index (χ0v) is 16.3. The third kappa shape index (κ3) is 3.50. The molecule has 1 aliphatic heterocycles. The number of hydrogen-bond acceptors (Lipinski definition) is 5. The van der Waals surface area contributed by atoms with Crippen molar-refractivity contribution >= 4 is 17.2 Å². The molecule has 1 aromatic carbocycles. The van der Waals surface area contributed by atoms with Crippen molar-refractivity contribution in [3.63, 3.8) is 0 Å². The van der Waals surface area contributed by atoms with E-state index in [1.165, 1.54) is 0 Å². The SMILES string of the molecule is O=c1ncc(CN2CCOc3c(Cl)cc(-c4cccc5nccn45)cc3C2)c[nH]1. The summed E-state index contributed by atoms with van der Waals surface area (Å²) in [5.74, 6) is 0.732. The predicted molar refractivity (Wildman–Crippen MR) is 110 cm³/mol. The fourth-order valence-electron chi connectivity index (χ4n) is 3.71. The maximum atomic E-state index is 11.2. The molecule has 4 heterocycles. The fraction of sp³-hybridized carbons (Fsp3) is 0.190. The van der Waals surface area contributed by atoms with Gasteiger partial charge in [-0.05, 0) is 24.3 Å². The molecule has 0 radical (unpaired) electrons. The molecule has 146 valence electrons. The van der Waals surface area contributed by atoms with Gasteiger partial charge in [0.15, 0.2) is 0 Å². The van der Waals surface area contributed by atoms with Crippen molar-refractivity contribution in [2.24, 2.45) is 0 Å². The fourth-order valence-corrected chi connectivity index (χ4v) is 4.00. The Balaban J connectivity index is 1.51. The van der Waals surface area contributed by atoms with Crippen LogP contribution < -0.4 is 10.4 Å². The van der Waals surface area contributed by atoms with E-state index in [4.69, 9.17) is 16.3 Å². The van der Waals surface area contributed by atoms with Crippen LogP contribution in [0.3, 0.4) is 0 Å². The van der Waals surface area contributed by atoms with E-state index in [0.29, 0.717) is 24.7 Å². The van der Waals surface area contributed by atoms with Crippen LogP contribution in [-0.2, 0) is 13.1 Å². The number of ether oxygens (including phenoxy) is 1. The van der Waals surface area contributed by atoms with Crippen LogP contribution in [0.2, 0.25) is 5.02 Å². The number of imidazole rings is 1. The van der Waals surface area contributed by atoms with Gasteiger partial charge in [0.25, 0.3) is 0 Å². The summed E-state index contributed by atoms with van der Waals surface area (Å²) >= 11 is 6.60. The van der Waals surface area contributed by atoms with Crippen molar-refractivity contribution < 1.29 is 4.74 Å². The molecular formula is C21H18ClN5O2. The van der Waals surface area contributed by atoms with Crippen LogP contribution in [0.25, 0.3) is 16.9 Å². The van der Waals surface area contributed by atoms with Crippen LogP contribution in [0.15, 0.2) is 59.9 Å². The molecule has 4 aromatic rings. The number of pyridine rings is 1. The molecular weight excluding hydrogens is 390 g/mol. The minimum atomic E-state index is -0.344. The van der Waals surface area contributed by atoms with Gasteiger partial charge in [-0.15, -0.1) is 0 Å². The Kier molecular flexibility index (Phi) is 4.54. The summed E-state index contributed by atoms with van der Waals surface area (Å²) < 4.78 is 8.00. The molecule has 0 amide bonds. The Morgan fingerprint density at radius 3 is 3.03 bits per heavy atom. The number of halogens is 1. The molecule has 8 heteroatoms. The van der Waals surface area contributed by atoms with Crippen molar-refractivity contribution in [2.45, 2.75) is 13.1 Å². The zero-order chi connectivity index (χ0) is 19.8. The second-order valence-electron chi connectivity index (χ2n) is 7.00. The number of rotatable bonds is 3. The summed E-state index contributed by atoms with van der Waals surface area (Å²) in [6, 6.07) is 10.1. The lowest BCUT2D eigenvalue weighted by Crippen LogP contribution is -2.26. The lowest BCUT2D eigenvalue weighted by molar-refractivity contribution is 0.219. The minimum Gasteiger partial charge on any atom is -0.490 e. The Morgan fingerprint density at radius 2 is 2.17 bits per heavy atom. The van der Waals surface area contributed by atoms with Gasteiger partial charge in [-0.2, -0.15) is 0 Å². The first-order chi connectivity index (χ1) is 14.2. The van der Waals surface area contributed by atoms with Gasteiger partial charge < -0.3 is 9.72 Å². The van der Waals surface area contributed by atoms with Gasteiger partial charge in [0.1, 0.15) is 18.0 Å². The van der Waals surface area contributed by atoms with E-state index in [1.54, 1.807) is 18.6 Å². The Bertz CT molecular complexity index is 1230. The quantitative estimate of drug-likeness (QED) is 0.564. The third-order valence-electron chi connectivity index (χ3n) is 5.03. The molecule has 29 heavy (non-hydrogen) atoms. The molecule has 0 atom stereocenters. The first-order valence-corrected chi connectivity index (χ1v) is 9.69. The number of aromatic amines is 1. The predicted octanol–water partition coefficient (Wildman–Crippen LogP) is 3.13. The third-order valence-corrected chi connectivity index (χ3v) is 5.31. The molecule has 0 saturated heterocycles. The number of hydrogen-bond donors (Lipinski definition) is 1. The van der Waals surface area contributed by atoms with Gasteiger partial charge in [-0.3, -0.25) is 9.30 Å². The van der Waals surface area contributed by atoms with Crippen molar-refractivity contribution in [3.05, 3.63) is 81.8 Å². The van der Waals surface area contributed by atoms with Crippen molar-refractivity contribution in [1.29, 1.82) is 0 Å². The highest BCUT2D eigenvalue weighted by Gasteiger charge is 2.20. The normalized spacial score (nSPS) is 14.4. The molecule has 0 spiro atoms. The van der Waals surface area contributed by atoms with Gasteiger partial charge in [0, 0.05) is 61.1 Å². The average molecular weight is 408 g/mol. The van der Waals surface area contributed by atoms with Gasteiger partial charge in [-0.25, -0.2) is 14.8 Å². The van der Waals surface area contributed by atoms with Gasteiger partial charge in [-0.1, -0.05) is 17.7 Å². The molecule has 3 aromatic heterocycles. The van der Waals surface area contributed by atoms with E-state index < -0.39 is 0 Å². The van der Waals surface area contributed by atoms with Crippen LogP contribution >= 0.6 is 11.6 Å². The minimum absolute atomic E-state index is 0.344. The average Bonchev–Trinajstić information content (AvgIpc) is 3.11. The summed E-state index contributed by atoms with van der Waals surface area (Å²) in [6.45, 7) is 2.63. The first kappa shape index (κ1) is 17.9. The van der Waals surface area contributed by atoms with E-state index >= 15 is 0 Å². The van der Waals surface area contributed by atoms with E-state index in [-0.39, 0.29) is 5.69 Å². The summed E-state index contributed by atoms with van der Waals surface area (Å²) in [5, 5.41) is 0.599. The molecule has 5 rings (SSSR count). The first-order valence-electron chi connectivity index (χ1n) is 9.31. The molecule has 0 unspecified atom stereocenters. The van der Waals surface area contributed by atoms with Crippen molar-refractivity contribution in [1.82, 2.24) is 24.3 Å². The van der Waals surface area contributed by atoms with Gasteiger partial charge in [0.2, 0.25) is 0 Å². The molecule has 1 aliphatic rings. The van der Waals surface area contributed by atoms with E-state index in [9.17, 15) is 4.79 Å². The maximum absolute atomic E-state index is 11.2. The number of aromatic nitrogens is 4. The van der Waals surface area contributed by atoms with Gasteiger partial charge >= 0.3 is 5.69 Å². The van der Waals surface area contributed by atoms with Crippen LogP contribution in [0.5, 0.6) is 5.75 Å². The zero-order valence-electron chi connectivity index (χ0n) is 15.5. The molecule has 0 bridgehead atoms. The molecule has 0 saturated carbocycles. The largest absolute Gasteiger partial charge is 0.490 e. The van der Waals surface area contributed by atoms with Crippen molar-refractivity contribution in [3.8, 4) is 17.0 Å². The summed E-state index contributed by atoms with van der Waals surface area (Å²) in [4.78, 5) is 24.2. The second-order valence-corrected chi connectivity index (χ2v) is 7.41. The number of nitrogens with zero attached hydrogens (tertiary/aromatic N) is 4. The standard InChI is InChI=1S/C21H18ClN5O2/c22-17-9-15(18-2-1-3-19-23-4-5-27(18)19)8-16-13-26(6-7-29-20(16)17)12-14-10-24-21(28)25-11-14/h1-5,8-11H,6-7,12-13H2,(H,24,25,28). The maximum Gasteiger partial charge on any atom is 0.344 e. The number of benzene rings is 1. The van der Waals surface area contributed by atoms with E-state index in [0.717, 1.165) is 40.3 Å². The van der Waals surface area contributed by atoms with Crippen LogP contribution in [0, 0.1) is 0 Å². The molecule has 1 N–H and O–H groups in total. The highest BCUT2D eigenvalue weighted by molar-refractivity contribution is 6.32.